The van der Waals surface area contributed by atoms with Crippen molar-refractivity contribution in [3.05, 3.63) is 0 Å². The minimum absolute atomic E-state index is 0.0586. The molecule has 0 aliphatic carbocycles. The monoisotopic (exact) mass is 257 g/mol. The Kier molecular flexibility index (Phi) is 6.65. The molecule has 1 aliphatic rings. The van der Waals surface area contributed by atoms with Crippen LogP contribution in [0.3, 0.4) is 0 Å². The standard InChI is InChI=1S/C14H27NO3/c1-14(2,3)9-13(16)15-6-4-7-17-10-12-5-8-18-11-12/h12H,4-11H2,1-3H3,(H,15,16)/t12-/m0/s1. The predicted molar refractivity (Wildman–Crippen MR) is 71.4 cm³/mol. The van der Waals surface area contributed by atoms with Crippen LogP contribution in [0.5, 0.6) is 0 Å². The molecule has 0 bridgehead atoms. The smallest absolute Gasteiger partial charge is 0.220 e. The van der Waals surface area contributed by atoms with E-state index < -0.39 is 0 Å². The molecule has 0 unspecified atom stereocenters. The molecule has 1 amide bonds. The molecule has 1 heterocycles. The van der Waals surface area contributed by atoms with Gasteiger partial charge in [-0.15, -0.1) is 0 Å². The van der Waals surface area contributed by atoms with Crippen LogP contribution in [0.15, 0.2) is 0 Å². The van der Waals surface area contributed by atoms with E-state index in [1.807, 2.05) is 0 Å². The molecule has 1 atom stereocenters. The summed E-state index contributed by atoms with van der Waals surface area (Å²) in [5, 5.41) is 2.92. The Balaban J connectivity index is 1.90. The zero-order valence-corrected chi connectivity index (χ0v) is 12.0. The molecule has 4 nitrogen and oxygen atoms in total. The molecule has 0 spiro atoms. The quantitative estimate of drug-likeness (QED) is 0.709. The van der Waals surface area contributed by atoms with Gasteiger partial charge in [0.25, 0.3) is 0 Å². The van der Waals surface area contributed by atoms with Crippen LogP contribution in [0.4, 0.5) is 0 Å². The SMILES string of the molecule is CC(C)(C)CC(=O)NCCCOC[C@@H]1CCOC1. The van der Waals surface area contributed by atoms with Crippen LogP contribution >= 0.6 is 0 Å². The summed E-state index contributed by atoms with van der Waals surface area (Å²) in [5.41, 5.74) is 0.0586. The van der Waals surface area contributed by atoms with Gasteiger partial charge < -0.3 is 14.8 Å². The highest BCUT2D eigenvalue weighted by molar-refractivity contribution is 5.76. The highest BCUT2D eigenvalue weighted by atomic mass is 16.5. The van der Waals surface area contributed by atoms with E-state index >= 15 is 0 Å². The Morgan fingerprint density at radius 2 is 2.22 bits per heavy atom. The van der Waals surface area contributed by atoms with Crippen LogP contribution in [0, 0.1) is 11.3 Å². The van der Waals surface area contributed by atoms with Crippen molar-refractivity contribution in [1.29, 1.82) is 0 Å². The molecule has 106 valence electrons. The molecule has 0 aromatic carbocycles. The lowest BCUT2D eigenvalue weighted by molar-refractivity contribution is -0.122. The molecule has 0 aromatic rings. The molecule has 0 radical (unpaired) electrons. The van der Waals surface area contributed by atoms with Gasteiger partial charge in [-0.1, -0.05) is 20.8 Å². The summed E-state index contributed by atoms with van der Waals surface area (Å²) in [4.78, 5) is 11.5. The van der Waals surface area contributed by atoms with Crippen molar-refractivity contribution in [2.24, 2.45) is 11.3 Å². The average Bonchev–Trinajstić information content (AvgIpc) is 2.73. The number of carbonyl (C=O) groups is 1. The van der Waals surface area contributed by atoms with Crippen molar-refractivity contribution in [3.8, 4) is 0 Å². The topological polar surface area (TPSA) is 47.6 Å². The zero-order valence-electron chi connectivity index (χ0n) is 12.0. The maximum absolute atomic E-state index is 11.5. The molecule has 0 saturated carbocycles. The van der Waals surface area contributed by atoms with E-state index in [-0.39, 0.29) is 11.3 Å². The minimum Gasteiger partial charge on any atom is -0.381 e. The third kappa shape index (κ3) is 7.67. The first kappa shape index (κ1) is 15.4. The normalized spacial score (nSPS) is 20.1. The van der Waals surface area contributed by atoms with Gasteiger partial charge in [-0.25, -0.2) is 0 Å². The molecule has 1 rings (SSSR count). The Morgan fingerprint density at radius 3 is 2.83 bits per heavy atom. The molecule has 1 fully saturated rings. The molecular formula is C14H27NO3. The van der Waals surface area contributed by atoms with Crippen LogP contribution in [-0.2, 0) is 14.3 Å². The van der Waals surface area contributed by atoms with Crippen molar-refractivity contribution in [2.75, 3.05) is 33.0 Å². The van der Waals surface area contributed by atoms with E-state index in [1.54, 1.807) is 0 Å². The molecule has 0 aromatic heterocycles. The maximum Gasteiger partial charge on any atom is 0.220 e. The highest BCUT2D eigenvalue weighted by Crippen LogP contribution is 2.17. The van der Waals surface area contributed by atoms with Gasteiger partial charge in [0, 0.05) is 32.1 Å². The molecule has 1 saturated heterocycles. The Labute approximate surface area is 110 Å². The Bertz CT molecular complexity index is 242. The summed E-state index contributed by atoms with van der Waals surface area (Å²) in [6.07, 6.45) is 2.57. The second-order valence-electron chi connectivity index (χ2n) is 6.25. The summed E-state index contributed by atoms with van der Waals surface area (Å²) >= 11 is 0. The van der Waals surface area contributed by atoms with E-state index in [9.17, 15) is 4.79 Å². The minimum atomic E-state index is 0.0586. The summed E-state index contributed by atoms with van der Waals surface area (Å²) in [5.74, 6) is 0.701. The second-order valence-corrected chi connectivity index (χ2v) is 6.25. The molecular weight excluding hydrogens is 230 g/mol. The van der Waals surface area contributed by atoms with Crippen LogP contribution < -0.4 is 5.32 Å². The Hall–Kier alpha value is -0.610. The lowest BCUT2D eigenvalue weighted by Gasteiger charge is -2.17. The third-order valence-corrected chi connectivity index (χ3v) is 2.86. The summed E-state index contributed by atoms with van der Waals surface area (Å²) in [6, 6.07) is 0. The zero-order chi connectivity index (χ0) is 13.4. The fraction of sp³-hybridized carbons (Fsp3) is 0.929. The van der Waals surface area contributed by atoms with Crippen molar-refractivity contribution >= 4 is 5.91 Å². The van der Waals surface area contributed by atoms with Gasteiger partial charge in [0.15, 0.2) is 0 Å². The second kappa shape index (κ2) is 7.74. The number of carbonyl (C=O) groups excluding carboxylic acids is 1. The largest absolute Gasteiger partial charge is 0.381 e. The fourth-order valence-electron chi connectivity index (χ4n) is 1.91. The Morgan fingerprint density at radius 1 is 1.44 bits per heavy atom. The van der Waals surface area contributed by atoms with Crippen LogP contribution in [0.25, 0.3) is 0 Å². The number of amides is 1. The van der Waals surface area contributed by atoms with E-state index in [0.29, 0.717) is 25.5 Å². The first-order valence-corrected chi connectivity index (χ1v) is 6.89. The maximum atomic E-state index is 11.5. The van der Waals surface area contributed by atoms with E-state index in [2.05, 4.69) is 26.1 Å². The van der Waals surface area contributed by atoms with Gasteiger partial charge in [-0.3, -0.25) is 4.79 Å². The van der Waals surface area contributed by atoms with Gasteiger partial charge in [-0.2, -0.15) is 0 Å². The lowest BCUT2D eigenvalue weighted by Crippen LogP contribution is -2.29. The van der Waals surface area contributed by atoms with Gasteiger partial charge in [0.05, 0.1) is 13.2 Å². The molecule has 1 N–H and O–H groups in total. The van der Waals surface area contributed by atoms with Crippen molar-refractivity contribution in [2.45, 2.75) is 40.0 Å². The number of hydrogen-bond donors (Lipinski definition) is 1. The van der Waals surface area contributed by atoms with Crippen molar-refractivity contribution < 1.29 is 14.3 Å². The molecule has 1 aliphatic heterocycles. The van der Waals surface area contributed by atoms with Gasteiger partial charge in [0.1, 0.15) is 0 Å². The third-order valence-electron chi connectivity index (χ3n) is 2.86. The first-order chi connectivity index (χ1) is 8.47. The van der Waals surface area contributed by atoms with Gasteiger partial charge in [0.2, 0.25) is 5.91 Å². The van der Waals surface area contributed by atoms with Crippen molar-refractivity contribution in [1.82, 2.24) is 5.32 Å². The van der Waals surface area contributed by atoms with E-state index in [1.165, 1.54) is 0 Å². The van der Waals surface area contributed by atoms with E-state index in [4.69, 9.17) is 9.47 Å². The number of ether oxygens (including phenoxy) is 2. The van der Waals surface area contributed by atoms with Crippen LogP contribution in [-0.4, -0.2) is 38.9 Å². The average molecular weight is 257 g/mol. The van der Waals surface area contributed by atoms with E-state index in [0.717, 1.165) is 32.7 Å². The number of hydrogen-bond acceptors (Lipinski definition) is 3. The number of rotatable bonds is 7. The summed E-state index contributed by atoms with van der Waals surface area (Å²) in [7, 11) is 0. The van der Waals surface area contributed by atoms with Crippen molar-refractivity contribution in [3.63, 3.8) is 0 Å². The predicted octanol–water partition coefficient (Wildman–Crippen LogP) is 1.98. The molecule has 4 heteroatoms. The first-order valence-electron chi connectivity index (χ1n) is 6.89. The lowest BCUT2D eigenvalue weighted by atomic mass is 9.92. The fourth-order valence-corrected chi connectivity index (χ4v) is 1.91. The van der Waals surface area contributed by atoms with Crippen LogP contribution in [0.2, 0.25) is 0 Å². The summed E-state index contributed by atoms with van der Waals surface area (Å²) < 4.78 is 10.8. The van der Waals surface area contributed by atoms with Gasteiger partial charge >= 0.3 is 0 Å². The summed E-state index contributed by atoms with van der Waals surface area (Å²) in [6.45, 7) is 10.1. The molecule has 18 heavy (non-hydrogen) atoms. The number of nitrogens with one attached hydrogen (secondary N) is 1. The van der Waals surface area contributed by atoms with Crippen LogP contribution in [0.1, 0.15) is 40.0 Å². The van der Waals surface area contributed by atoms with Gasteiger partial charge in [-0.05, 0) is 18.3 Å². The highest BCUT2D eigenvalue weighted by Gasteiger charge is 2.16.